The molecule has 2 aromatic carbocycles. The van der Waals surface area contributed by atoms with Crippen molar-refractivity contribution in [3.8, 4) is 11.5 Å². The number of rotatable bonds is 15. The Bertz CT molecular complexity index is 913. The molecule has 0 unspecified atom stereocenters. The summed E-state index contributed by atoms with van der Waals surface area (Å²) in [6, 6.07) is 14.2. The molecule has 0 aliphatic rings. The van der Waals surface area contributed by atoms with Gasteiger partial charge in [-0.25, -0.2) is 5.43 Å². The molecule has 184 valence electrons. The van der Waals surface area contributed by atoms with Crippen LogP contribution in [0.25, 0.3) is 0 Å². The van der Waals surface area contributed by atoms with Gasteiger partial charge in [-0.3, -0.25) is 9.59 Å². The van der Waals surface area contributed by atoms with Crippen molar-refractivity contribution in [2.75, 3.05) is 32.6 Å². The zero-order valence-corrected chi connectivity index (χ0v) is 20.1. The van der Waals surface area contributed by atoms with E-state index in [4.69, 9.17) is 4.74 Å². The van der Waals surface area contributed by atoms with E-state index in [-0.39, 0.29) is 17.6 Å². The lowest BCUT2D eigenvalue weighted by Gasteiger charge is -2.10. The van der Waals surface area contributed by atoms with Gasteiger partial charge in [-0.2, -0.15) is 5.10 Å². The Morgan fingerprint density at radius 2 is 1.62 bits per heavy atom. The summed E-state index contributed by atoms with van der Waals surface area (Å²) < 4.78 is 5.70. The highest BCUT2D eigenvalue weighted by Crippen LogP contribution is 2.21. The molecular formula is C26H36N4O4. The average molecular weight is 469 g/mol. The summed E-state index contributed by atoms with van der Waals surface area (Å²) in [5.41, 5.74) is 3.85. The van der Waals surface area contributed by atoms with Gasteiger partial charge in [0.05, 0.1) is 18.5 Å². The van der Waals surface area contributed by atoms with Gasteiger partial charge < -0.3 is 20.1 Å². The molecule has 0 bridgehead atoms. The van der Waals surface area contributed by atoms with Crippen LogP contribution in [0.5, 0.6) is 11.5 Å². The Morgan fingerprint density at radius 3 is 2.29 bits per heavy atom. The molecule has 0 heterocycles. The molecule has 0 saturated heterocycles. The lowest BCUT2D eigenvalue weighted by atomic mass is 10.1. The van der Waals surface area contributed by atoms with Crippen LogP contribution in [0.3, 0.4) is 0 Å². The van der Waals surface area contributed by atoms with Crippen molar-refractivity contribution < 1.29 is 19.4 Å². The monoisotopic (exact) mass is 468 g/mol. The SMILES string of the molecule is CN(C)CCCOc1ccc(/C=N/NC(=O)CCCCCCC(=O)Nc2ccccc2O)cc1. The maximum absolute atomic E-state index is 11.9. The number of para-hydroxylation sites is 2. The highest BCUT2D eigenvalue weighted by molar-refractivity contribution is 5.92. The first-order chi connectivity index (χ1) is 16.4. The normalized spacial score (nSPS) is 11.0. The molecule has 2 amide bonds. The van der Waals surface area contributed by atoms with E-state index in [1.54, 1.807) is 24.4 Å². The zero-order chi connectivity index (χ0) is 24.6. The number of amides is 2. The van der Waals surface area contributed by atoms with Crippen molar-refractivity contribution in [3.63, 3.8) is 0 Å². The minimum atomic E-state index is -0.130. The first-order valence-corrected chi connectivity index (χ1v) is 11.7. The molecule has 2 rings (SSSR count). The summed E-state index contributed by atoms with van der Waals surface area (Å²) in [5.74, 6) is 0.615. The summed E-state index contributed by atoms with van der Waals surface area (Å²) in [4.78, 5) is 26.0. The minimum absolute atomic E-state index is 0.0571. The standard InChI is InChI=1S/C26H36N4O4/c1-30(2)18-9-19-34-22-16-14-21(15-17-22)20-27-29-26(33)13-6-4-3-5-12-25(32)28-23-10-7-8-11-24(23)31/h7-8,10-11,14-17,20,31H,3-6,9,12-13,18-19H2,1-2H3,(H,28,32)(H,29,33)/b27-20+. The second kappa shape index (κ2) is 15.4. The number of hydrogen-bond donors (Lipinski definition) is 3. The molecule has 0 aliphatic heterocycles. The van der Waals surface area contributed by atoms with Crippen LogP contribution >= 0.6 is 0 Å². The fraction of sp³-hybridized carbons (Fsp3) is 0.423. The molecular weight excluding hydrogens is 432 g/mol. The van der Waals surface area contributed by atoms with Crippen molar-refractivity contribution in [1.29, 1.82) is 0 Å². The molecule has 8 nitrogen and oxygen atoms in total. The smallest absolute Gasteiger partial charge is 0.240 e. The van der Waals surface area contributed by atoms with E-state index in [1.165, 1.54) is 6.07 Å². The van der Waals surface area contributed by atoms with Crippen LogP contribution in [0.2, 0.25) is 0 Å². The van der Waals surface area contributed by atoms with Crippen LogP contribution in [-0.2, 0) is 9.59 Å². The lowest BCUT2D eigenvalue weighted by molar-refractivity contribution is -0.121. The molecule has 0 aliphatic carbocycles. The number of carbonyl (C=O) groups excluding carboxylic acids is 2. The number of phenols is 1. The van der Waals surface area contributed by atoms with Crippen molar-refractivity contribution >= 4 is 23.7 Å². The molecule has 2 aromatic rings. The predicted octanol–water partition coefficient (Wildman–Crippen LogP) is 4.15. The number of aromatic hydroxyl groups is 1. The molecule has 8 heteroatoms. The van der Waals surface area contributed by atoms with E-state index < -0.39 is 0 Å². The zero-order valence-electron chi connectivity index (χ0n) is 20.1. The highest BCUT2D eigenvalue weighted by Gasteiger charge is 2.06. The van der Waals surface area contributed by atoms with Gasteiger partial charge in [0.2, 0.25) is 11.8 Å². The number of phenolic OH excluding ortho intramolecular Hbond substituents is 1. The molecule has 0 fully saturated rings. The Morgan fingerprint density at radius 1 is 0.941 bits per heavy atom. The second-order valence-electron chi connectivity index (χ2n) is 8.35. The van der Waals surface area contributed by atoms with E-state index in [2.05, 4.69) is 20.7 Å². The third-order valence-corrected chi connectivity index (χ3v) is 5.04. The van der Waals surface area contributed by atoms with Gasteiger partial charge in [-0.1, -0.05) is 25.0 Å². The number of anilines is 1. The summed E-state index contributed by atoms with van der Waals surface area (Å²) in [6.45, 7) is 1.66. The second-order valence-corrected chi connectivity index (χ2v) is 8.35. The van der Waals surface area contributed by atoms with E-state index in [0.29, 0.717) is 25.1 Å². The van der Waals surface area contributed by atoms with Crippen molar-refractivity contribution in [2.24, 2.45) is 5.10 Å². The van der Waals surface area contributed by atoms with Gasteiger partial charge in [0, 0.05) is 19.4 Å². The van der Waals surface area contributed by atoms with Gasteiger partial charge in [0.1, 0.15) is 11.5 Å². The number of ether oxygens (including phenoxy) is 1. The lowest BCUT2D eigenvalue weighted by Crippen LogP contribution is -2.17. The van der Waals surface area contributed by atoms with Crippen molar-refractivity contribution in [3.05, 3.63) is 54.1 Å². The van der Waals surface area contributed by atoms with Gasteiger partial charge >= 0.3 is 0 Å². The van der Waals surface area contributed by atoms with Crippen LogP contribution < -0.4 is 15.5 Å². The van der Waals surface area contributed by atoms with Crippen LogP contribution in [0.4, 0.5) is 5.69 Å². The number of nitrogens with zero attached hydrogens (tertiary/aromatic N) is 2. The topological polar surface area (TPSA) is 103 Å². The number of nitrogens with one attached hydrogen (secondary N) is 2. The van der Waals surface area contributed by atoms with Crippen molar-refractivity contribution in [2.45, 2.75) is 44.9 Å². The van der Waals surface area contributed by atoms with Crippen molar-refractivity contribution in [1.82, 2.24) is 10.3 Å². The summed E-state index contributed by atoms with van der Waals surface area (Å²) >= 11 is 0. The average Bonchev–Trinajstić information content (AvgIpc) is 2.81. The molecule has 0 atom stereocenters. The first kappa shape index (κ1) is 26.9. The summed E-state index contributed by atoms with van der Waals surface area (Å²) in [5, 5.41) is 16.4. The van der Waals surface area contributed by atoms with E-state index in [0.717, 1.165) is 50.0 Å². The number of benzene rings is 2. The van der Waals surface area contributed by atoms with Crippen LogP contribution in [0.1, 0.15) is 50.5 Å². The number of hydrazone groups is 1. The largest absolute Gasteiger partial charge is 0.506 e. The van der Waals surface area contributed by atoms with Crippen LogP contribution in [0.15, 0.2) is 53.6 Å². The number of unbranched alkanes of at least 4 members (excludes halogenated alkanes) is 3. The van der Waals surface area contributed by atoms with Gasteiger partial charge in [-0.15, -0.1) is 0 Å². The summed E-state index contributed by atoms with van der Waals surface area (Å²) in [7, 11) is 4.08. The molecule has 0 spiro atoms. The Labute approximate surface area is 202 Å². The maximum Gasteiger partial charge on any atom is 0.240 e. The molecule has 34 heavy (non-hydrogen) atoms. The van der Waals surface area contributed by atoms with E-state index in [9.17, 15) is 14.7 Å². The number of hydrogen-bond acceptors (Lipinski definition) is 6. The fourth-order valence-electron chi connectivity index (χ4n) is 3.17. The maximum atomic E-state index is 11.9. The van der Waals surface area contributed by atoms with Gasteiger partial charge in [-0.05, 0) is 75.3 Å². The van der Waals surface area contributed by atoms with E-state index in [1.807, 2.05) is 38.4 Å². The summed E-state index contributed by atoms with van der Waals surface area (Å²) in [6.07, 6.45) is 6.53. The minimum Gasteiger partial charge on any atom is -0.506 e. The Hall–Kier alpha value is -3.39. The van der Waals surface area contributed by atoms with Crippen LogP contribution in [-0.4, -0.2) is 55.3 Å². The van der Waals surface area contributed by atoms with Gasteiger partial charge in [0.15, 0.2) is 0 Å². The first-order valence-electron chi connectivity index (χ1n) is 11.7. The van der Waals surface area contributed by atoms with Crippen LogP contribution in [0, 0.1) is 0 Å². The molecule has 0 radical (unpaired) electrons. The highest BCUT2D eigenvalue weighted by atomic mass is 16.5. The van der Waals surface area contributed by atoms with Gasteiger partial charge in [0.25, 0.3) is 0 Å². The molecule has 0 aromatic heterocycles. The van der Waals surface area contributed by atoms with E-state index >= 15 is 0 Å². The predicted molar refractivity (Wildman–Crippen MR) is 135 cm³/mol. The molecule has 0 saturated carbocycles. The Kier molecular flexibility index (Phi) is 12.2. The number of carbonyl (C=O) groups is 2. The quantitative estimate of drug-likeness (QED) is 0.158. The third kappa shape index (κ3) is 11.5. The fourth-order valence-corrected chi connectivity index (χ4v) is 3.17. The Balaban J connectivity index is 1.52. The third-order valence-electron chi connectivity index (χ3n) is 5.04. The molecule has 3 N–H and O–H groups in total.